The molecule has 1 aromatic rings. The molecule has 0 aromatic heterocycles. The molecule has 0 unspecified atom stereocenters. The van der Waals surface area contributed by atoms with E-state index in [1.54, 1.807) is 18.2 Å². The molecule has 0 heterocycles. The fourth-order valence-corrected chi connectivity index (χ4v) is 1.18. The highest BCUT2D eigenvalue weighted by Gasteiger charge is 2.26. The predicted molar refractivity (Wildman–Crippen MR) is 67.1 cm³/mol. The van der Waals surface area contributed by atoms with Gasteiger partial charge in [0.1, 0.15) is 0 Å². The van der Waals surface area contributed by atoms with E-state index in [9.17, 15) is 14.4 Å². The van der Waals surface area contributed by atoms with E-state index >= 15 is 0 Å². The summed E-state index contributed by atoms with van der Waals surface area (Å²) in [5.41, 5.74) is 0.251. The predicted octanol–water partition coefficient (Wildman–Crippen LogP) is 1.65. The van der Waals surface area contributed by atoms with Gasteiger partial charge in [0.25, 0.3) is 0 Å². The van der Waals surface area contributed by atoms with Crippen LogP contribution in [-0.2, 0) is 19.1 Å². The van der Waals surface area contributed by atoms with Crippen molar-refractivity contribution in [2.24, 2.45) is 0 Å². The van der Waals surface area contributed by atoms with Crippen LogP contribution in [0.3, 0.4) is 0 Å². The zero-order chi connectivity index (χ0) is 14.3. The molecule has 0 amide bonds. The molecule has 0 saturated heterocycles. The molecule has 0 spiro atoms. The van der Waals surface area contributed by atoms with Crippen LogP contribution in [0.4, 0.5) is 0 Å². The van der Waals surface area contributed by atoms with Crippen molar-refractivity contribution in [2.45, 2.75) is 6.29 Å². The van der Waals surface area contributed by atoms with E-state index in [1.807, 2.05) is 0 Å². The molecule has 0 radical (unpaired) electrons. The lowest BCUT2D eigenvalue weighted by molar-refractivity contribution is -0.172. The Bertz CT molecular complexity index is 482. The smallest absolute Gasteiger partial charge is 0.333 e. The van der Waals surface area contributed by atoms with Crippen LogP contribution in [0.2, 0.25) is 0 Å². The van der Waals surface area contributed by atoms with Crippen molar-refractivity contribution < 1.29 is 23.9 Å². The van der Waals surface area contributed by atoms with Crippen molar-refractivity contribution in [2.75, 3.05) is 0 Å². The van der Waals surface area contributed by atoms with Gasteiger partial charge in [-0.2, -0.15) is 0 Å². The zero-order valence-corrected chi connectivity index (χ0v) is 10.1. The summed E-state index contributed by atoms with van der Waals surface area (Å²) in [7, 11) is 0. The van der Waals surface area contributed by atoms with Gasteiger partial charge in [-0.3, -0.25) is 4.79 Å². The number of hydrogen-bond acceptors (Lipinski definition) is 5. The van der Waals surface area contributed by atoms with E-state index in [4.69, 9.17) is 9.47 Å². The van der Waals surface area contributed by atoms with Gasteiger partial charge in [0.05, 0.1) is 0 Å². The molecule has 0 aliphatic carbocycles. The van der Waals surface area contributed by atoms with Crippen LogP contribution in [0.1, 0.15) is 10.4 Å². The third kappa shape index (κ3) is 4.23. The zero-order valence-electron chi connectivity index (χ0n) is 10.1. The maximum absolute atomic E-state index is 12.0. The molecule has 0 atom stereocenters. The van der Waals surface area contributed by atoms with Gasteiger partial charge in [-0.05, 0) is 0 Å². The highest BCUT2D eigenvalue weighted by atomic mass is 16.7. The number of Topliss-reactive ketones (excluding diaryl/α,β-unsaturated/α-hetero) is 1. The Labute approximate surface area is 110 Å². The van der Waals surface area contributed by atoms with E-state index in [2.05, 4.69) is 13.2 Å². The van der Waals surface area contributed by atoms with Crippen molar-refractivity contribution in [1.29, 1.82) is 0 Å². The Kier molecular flexibility index (Phi) is 5.22. The summed E-state index contributed by atoms with van der Waals surface area (Å²) in [6.45, 7) is 6.40. The lowest BCUT2D eigenvalue weighted by atomic mass is 10.1. The molecule has 0 saturated carbocycles. The Hall–Kier alpha value is -2.69. The molecule has 0 aliphatic rings. The minimum Gasteiger partial charge on any atom is -0.414 e. The summed E-state index contributed by atoms with van der Waals surface area (Å²) in [6.07, 6.45) is 0.0819. The first-order chi connectivity index (χ1) is 9.08. The number of ether oxygens (including phenoxy) is 2. The van der Waals surface area contributed by atoms with Crippen molar-refractivity contribution >= 4 is 17.7 Å². The molecule has 5 heteroatoms. The first kappa shape index (κ1) is 14.4. The van der Waals surface area contributed by atoms with Crippen LogP contribution in [0.25, 0.3) is 0 Å². The van der Waals surface area contributed by atoms with E-state index in [-0.39, 0.29) is 5.56 Å². The second-order valence-corrected chi connectivity index (χ2v) is 3.34. The second-order valence-electron chi connectivity index (χ2n) is 3.34. The fraction of sp³-hybridized carbons (Fsp3) is 0.0714. The van der Waals surface area contributed by atoms with Gasteiger partial charge in [-0.1, -0.05) is 43.5 Å². The van der Waals surface area contributed by atoms with Gasteiger partial charge < -0.3 is 9.47 Å². The van der Waals surface area contributed by atoms with Crippen LogP contribution >= 0.6 is 0 Å². The number of carbonyl (C=O) groups excluding carboxylic acids is 3. The van der Waals surface area contributed by atoms with Gasteiger partial charge in [-0.15, -0.1) is 0 Å². The van der Waals surface area contributed by atoms with Crippen LogP contribution in [0.5, 0.6) is 0 Å². The highest BCUT2D eigenvalue weighted by Crippen LogP contribution is 2.09. The molecular formula is C14H12O5. The summed E-state index contributed by atoms with van der Waals surface area (Å²) in [5.74, 6) is -2.39. The average molecular weight is 260 g/mol. The molecule has 1 rings (SSSR count). The van der Waals surface area contributed by atoms with Gasteiger partial charge in [-0.25, -0.2) is 9.59 Å². The molecular weight excluding hydrogens is 248 g/mol. The van der Waals surface area contributed by atoms with Crippen LogP contribution in [0.15, 0.2) is 55.6 Å². The Morgan fingerprint density at radius 2 is 1.42 bits per heavy atom. The first-order valence-electron chi connectivity index (χ1n) is 5.34. The number of benzene rings is 1. The summed E-state index contributed by atoms with van der Waals surface area (Å²) in [6, 6.07) is 8.01. The number of rotatable bonds is 6. The average Bonchev–Trinajstić information content (AvgIpc) is 2.46. The van der Waals surface area contributed by atoms with Crippen molar-refractivity contribution in [3.63, 3.8) is 0 Å². The quantitative estimate of drug-likeness (QED) is 0.336. The lowest BCUT2D eigenvalue weighted by Crippen LogP contribution is -2.31. The third-order valence-corrected chi connectivity index (χ3v) is 2.05. The second kappa shape index (κ2) is 6.90. The molecule has 0 fully saturated rings. The number of ketones is 1. The molecule has 0 N–H and O–H groups in total. The van der Waals surface area contributed by atoms with Crippen molar-refractivity contribution in [1.82, 2.24) is 0 Å². The van der Waals surface area contributed by atoms with Crippen LogP contribution in [0, 0.1) is 0 Å². The van der Waals surface area contributed by atoms with E-state index < -0.39 is 24.0 Å². The molecule has 1 aromatic carbocycles. The standard InChI is InChI=1S/C14H12O5/c1-3-11(15)18-14(19-12(16)4-2)13(17)10-8-6-5-7-9-10/h3-9,14H,1-2H2. The number of hydrogen-bond donors (Lipinski definition) is 0. The maximum atomic E-state index is 12.0. The van der Waals surface area contributed by atoms with Gasteiger partial charge in [0, 0.05) is 17.7 Å². The minimum absolute atomic E-state index is 0.251. The van der Waals surface area contributed by atoms with Crippen molar-refractivity contribution in [3.8, 4) is 0 Å². The Morgan fingerprint density at radius 1 is 0.947 bits per heavy atom. The summed E-state index contributed by atoms with van der Waals surface area (Å²) in [4.78, 5) is 34.3. The van der Waals surface area contributed by atoms with E-state index in [0.29, 0.717) is 0 Å². The summed E-state index contributed by atoms with van der Waals surface area (Å²) in [5, 5.41) is 0. The van der Waals surface area contributed by atoms with Crippen LogP contribution < -0.4 is 0 Å². The van der Waals surface area contributed by atoms with Gasteiger partial charge in [0.2, 0.25) is 5.78 Å². The molecule has 0 bridgehead atoms. The molecule has 98 valence electrons. The molecule has 5 nitrogen and oxygen atoms in total. The fourth-order valence-electron chi connectivity index (χ4n) is 1.18. The summed E-state index contributed by atoms with van der Waals surface area (Å²) < 4.78 is 9.38. The monoisotopic (exact) mass is 260 g/mol. The first-order valence-corrected chi connectivity index (χ1v) is 5.34. The number of esters is 2. The normalized spacial score (nSPS) is 9.53. The van der Waals surface area contributed by atoms with Crippen molar-refractivity contribution in [3.05, 3.63) is 61.2 Å². The van der Waals surface area contributed by atoms with Gasteiger partial charge >= 0.3 is 18.2 Å². The third-order valence-electron chi connectivity index (χ3n) is 2.05. The molecule has 0 aliphatic heterocycles. The molecule has 19 heavy (non-hydrogen) atoms. The largest absolute Gasteiger partial charge is 0.414 e. The summed E-state index contributed by atoms with van der Waals surface area (Å²) >= 11 is 0. The topological polar surface area (TPSA) is 69.7 Å². The lowest BCUT2D eigenvalue weighted by Gasteiger charge is -2.15. The Morgan fingerprint density at radius 3 is 1.84 bits per heavy atom. The highest BCUT2D eigenvalue weighted by molar-refractivity contribution is 6.01. The van der Waals surface area contributed by atoms with Crippen LogP contribution in [-0.4, -0.2) is 24.0 Å². The SMILES string of the molecule is C=CC(=O)OC(OC(=O)C=C)C(=O)c1ccccc1. The van der Waals surface area contributed by atoms with E-state index in [1.165, 1.54) is 12.1 Å². The number of carbonyl (C=O) groups is 3. The van der Waals surface area contributed by atoms with E-state index in [0.717, 1.165) is 12.2 Å². The van der Waals surface area contributed by atoms with Gasteiger partial charge in [0.15, 0.2) is 0 Å². The minimum atomic E-state index is -1.65. The Balaban J connectivity index is 2.92. The maximum Gasteiger partial charge on any atom is 0.333 e.